The molecule has 2 fully saturated rings. The van der Waals surface area contributed by atoms with Gasteiger partial charge in [0, 0.05) is 12.5 Å². The van der Waals surface area contributed by atoms with Crippen molar-refractivity contribution in [2.24, 2.45) is 0 Å². The molecule has 2 saturated heterocycles. The van der Waals surface area contributed by atoms with E-state index in [1.54, 1.807) is 48.5 Å². The Balaban J connectivity index is 1.44. The third kappa shape index (κ3) is 11.2. The number of alkyl halides is 3. The molecule has 7 atom stereocenters. The van der Waals surface area contributed by atoms with E-state index in [4.69, 9.17) is 72.1 Å². The van der Waals surface area contributed by atoms with Crippen molar-refractivity contribution in [3.8, 4) is 0 Å². The molecule has 50 heavy (non-hydrogen) atoms. The number of hydrogen-bond acceptors (Lipinski definition) is 11. The van der Waals surface area contributed by atoms with E-state index in [1.165, 1.54) is 13.8 Å². The van der Waals surface area contributed by atoms with E-state index in [9.17, 15) is 14.2 Å². The predicted molar refractivity (Wildman–Crippen MR) is 183 cm³/mol. The first kappa shape index (κ1) is 38.6. The van der Waals surface area contributed by atoms with Crippen LogP contribution in [-0.4, -0.2) is 65.6 Å². The summed E-state index contributed by atoms with van der Waals surface area (Å²) in [6.07, 6.45) is -6.61. The molecule has 1 unspecified atom stereocenters. The Labute approximate surface area is 305 Å². The number of esters is 1. The zero-order chi connectivity index (χ0) is 35.7. The Hall–Kier alpha value is -2.58. The molecule has 5 rings (SSSR count). The Bertz CT molecular complexity index is 1540. The number of phosphoric ester groups is 1. The Kier molecular flexibility index (Phi) is 13.7. The van der Waals surface area contributed by atoms with Gasteiger partial charge in [-0.1, -0.05) is 126 Å². The smallest absolute Gasteiger partial charge is 0.459 e. The van der Waals surface area contributed by atoms with Crippen LogP contribution in [0, 0.1) is 0 Å². The highest BCUT2D eigenvalue weighted by Gasteiger charge is 2.54. The van der Waals surface area contributed by atoms with E-state index in [2.05, 4.69) is 5.32 Å². The Morgan fingerprint density at radius 2 is 1.46 bits per heavy atom. The maximum Gasteiger partial charge on any atom is 0.477 e. The molecule has 0 saturated carbocycles. The van der Waals surface area contributed by atoms with Crippen molar-refractivity contribution in [3.05, 3.63) is 108 Å². The van der Waals surface area contributed by atoms with Crippen LogP contribution in [-0.2, 0) is 64.6 Å². The van der Waals surface area contributed by atoms with E-state index in [0.29, 0.717) is 16.7 Å². The summed E-state index contributed by atoms with van der Waals surface area (Å²) >= 11 is 17.3. The highest BCUT2D eigenvalue weighted by Crippen LogP contribution is 2.54. The van der Waals surface area contributed by atoms with Gasteiger partial charge in [0.1, 0.15) is 31.0 Å². The monoisotopic (exact) mass is 771 g/mol. The molecule has 2 heterocycles. The van der Waals surface area contributed by atoms with Crippen molar-refractivity contribution in [1.82, 2.24) is 5.32 Å². The summed E-state index contributed by atoms with van der Waals surface area (Å²) in [5.41, 5.74) is 2.11. The average Bonchev–Trinajstić information content (AvgIpc) is 3.11. The molecule has 0 aromatic heterocycles. The number of rotatable bonds is 14. The van der Waals surface area contributed by atoms with Gasteiger partial charge in [0.05, 0.1) is 19.8 Å². The van der Waals surface area contributed by atoms with Gasteiger partial charge in [-0.25, -0.2) is 9.36 Å². The van der Waals surface area contributed by atoms with Gasteiger partial charge < -0.3 is 29.0 Å². The summed E-state index contributed by atoms with van der Waals surface area (Å²) in [4.78, 5) is 25.6. The fourth-order valence-electron chi connectivity index (χ4n) is 5.23. The summed E-state index contributed by atoms with van der Waals surface area (Å²) in [6.45, 7) is 1.88. The number of ether oxygens (including phenoxy) is 5. The van der Waals surface area contributed by atoms with Crippen molar-refractivity contribution in [2.45, 2.75) is 73.9 Å². The van der Waals surface area contributed by atoms with Crippen LogP contribution in [0.1, 0.15) is 36.8 Å². The maximum absolute atomic E-state index is 14.4. The molecular weight excluding hydrogens is 736 g/mol. The number of fused-ring (bicyclic) bond motifs is 1. The van der Waals surface area contributed by atoms with Gasteiger partial charge in [-0.2, -0.15) is 0 Å². The van der Waals surface area contributed by atoms with Crippen LogP contribution in [0.5, 0.6) is 0 Å². The molecule has 3 aromatic rings. The molecule has 16 heteroatoms. The summed E-state index contributed by atoms with van der Waals surface area (Å²) in [5.74, 6) is -1.37. The minimum Gasteiger partial charge on any atom is -0.459 e. The van der Waals surface area contributed by atoms with Crippen molar-refractivity contribution in [1.29, 1.82) is 0 Å². The maximum atomic E-state index is 14.4. The lowest BCUT2D eigenvalue weighted by molar-refractivity contribution is -0.342. The predicted octanol–water partition coefficient (Wildman–Crippen LogP) is 6.58. The van der Waals surface area contributed by atoms with Crippen LogP contribution >= 0.6 is 42.6 Å². The normalized spacial score (nSPS) is 24.5. The number of benzene rings is 3. The Morgan fingerprint density at radius 1 is 0.900 bits per heavy atom. The number of carbonyl (C=O) groups is 2. The molecule has 2 aliphatic heterocycles. The average molecular weight is 773 g/mol. The van der Waals surface area contributed by atoms with Gasteiger partial charge in [0.25, 0.3) is 0 Å². The summed E-state index contributed by atoms with van der Waals surface area (Å²) in [6, 6.07) is 26.0. The lowest BCUT2D eigenvalue weighted by atomic mass is 9.95. The third-order valence-electron chi connectivity index (χ3n) is 7.55. The number of phosphoric acid groups is 1. The molecule has 1 amide bonds. The first-order valence-electron chi connectivity index (χ1n) is 15.7. The third-order valence-corrected chi connectivity index (χ3v) is 9.23. The zero-order valence-corrected chi connectivity index (χ0v) is 30.3. The fraction of sp³-hybridized carbons (Fsp3) is 0.412. The second-order valence-electron chi connectivity index (χ2n) is 11.5. The number of hydrogen-bond donors (Lipinski definition) is 1. The number of nitrogens with one attached hydrogen (secondary N) is 1. The largest absolute Gasteiger partial charge is 0.477 e. The zero-order valence-electron chi connectivity index (χ0n) is 27.1. The molecular formula is C34H37Cl3NO11P. The van der Waals surface area contributed by atoms with Crippen molar-refractivity contribution >= 4 is 54.5 Å². The van der Waals surface area contributed by atoms with Crippen molar-refractivity contribution < 1.29 is 51.4 Å². The van der Waals surface area contributed by atoms with Gasteiger partial charge in [0.15, 0.2) is 18.7 Å². The number of amides is 1. The van der Waals surface area contributed by atoms with Crippen LogP contribution in [0.4, 0.5) is 0 Å². The van der Waals surface area contributed by atoms with Gasteiger partial charge >= 0.3 is 13.8 Å². The molecule has 0 aliphatic carbocycles. The molecule has 0 bridgehead atoms. The summed E-state index contributed by atoms with van der Waals surface area (Å²) < 4.78 is 60.3. The lowest BCUT2D eigenvalue weighted by Gasteiger charge is -2.49. The lowest BCUT2D eigenvalue weighted by Crippen LogP contribution is -2.67. The quantitative estimate of drug-likeness (QED) is 0.108. The van der Waals surface area contributed by atoms with Crippen LogP contribution in [0.2, 0.25) is 0 Å². The van der Waals surface area contributed by atoms with E-state index in [0.717, 1.165) is 0 Å². The number of carbonyl (C=O) groups excluding carboxylic acids is 2. The second kappa shape index (κ2) is 17.8. The van der Waals surface area contributed by atoms with Crippen LogP contribution in [0.25, 0.3) is 0 Å². The molecule has 0 spiro atoms. The second-order valence-corrected chi connectivity index (χ2v) is 15.6. The van der Waals surface area contributed by atoms with Crippen LogP contribution in [0.15, 0.2) is 91.0 Å². The van der Waals surface area contributed by atoms with E-state index in [1.807, 2.05) is 42.5 Å². The molecule has 2 aliphatic rings. The van der Waals surface area contributed by atoms with Crippen molar-refractivity contribution in [3.63, 3.8) is 0 Å². The van der Waals surface area contributed by atoms with Crippen LogP contribution in [0.3, 0.4) is 0 Å². The van der Waals surface area contributed by atoms with Gasteiger partial charge in [-0.15, -0.1) is 0 Å². The van der Waals surface area contributed by atoms with Crippen molar-refractivity contribution in [2.75, 3.05) is 13.2 Å². The van der Waals surface area contributed by atoms with E-state index in [-0.39, 0.29) is 19.8 Å². The molecule has 12 nitrogen and oxygen atoms in total. The standard InChI is InChI=1S/C34H37Cl3NO11P/c1-22(31(40)43-21-34(35,36)37)46-30-28(38-23(2)39)33(47-27-20-42-32(48-29(27)30)26-16-10-5-11-17-26)49-50(41,44-18-24-12-6-3-7-13-24)45-19-25-14-8-4-9-15-25/h3-17,22,27-30,32-33H,18-21H2,1-2H3,(H,38,39)/t22-,27-,28-,29-,30-,32?,33-/m1/s1. The number of halogens is 3. The molecule has 270 valence electrons. The molecule has 0 radical (unpaired) electrons. The summed E-state index contributed by atoms with van der Waals surface area (Å²) in [7, 11) is -4.46. The van der Waals surface area contributed by atoms with E-state index >= 15 is 0 Å². The molecule has 3 aromatic carbocycles. The highest BCUT2D eigenvalue weighted by molar-refractivity contribution is 7.48. The van der Waals surface area contributed by atoms with Gasteiger partial charge in [-0.3, -0.25) is 18.4 Å². The van der Waals surface area contributed by atoms with Gasteiger partial charge in [0.2, 0.25) is 9.70 Å². The minimum absolute atomic E-state index is 0.0249. The minimum atomic E-state index is -4.46. The first-order valence-corrected chi connectivity index (χ1v) is 18.3. The summed E-state index contributed by atoms with van der Waals surface area (Å²) in [5, 5.41) is 2.76. The first-order chi connectivity index (χ1) is 23.9. The fourth-order valence-corrected chi connectivity index (χ4v) is 6.64. The topological polar surface area (TPSA) is 137 Å². The van der Waals surface area contributed by atoms with Gasteiger partial charge in [-0.05, 0) is 18.1 Å². The highest BCUT2D eigenvalue weighted by atomic mass is 35.6. The Morgan fingerprint density at radius 3 is 2.00 bits per heavy atom. The molecule has 1 N–H and O–H groups in total. The van der Waals surface area contributed by atoms with E-state index < -0.39 is 73.1 Å². The van der Waals surface area contributed by atoms with Crippen LogP contribution < -0.4 is 5.32 Å². The SMILES string of the molecule is CC(=O)N[C@H]1[C@@H](OP(=O)(OCc2ccccc2)OCc2ccccc2)O[C@@H]2COC(c3ccccc3)O[C@H]2[C@@H]1O[C@H](C)C(=O)OCC(Cl)(Cl)Cl.